The number of fused-ring (bicyclic) bond motifs is 2. The van der Waals surface area contributed by atoms with E-state index in [0.717, 1.165) is 0 Å². The van der Waals surface area contributed by atoms with Crippen LogP contribution in [0.1, 0.15) is 45.7 Å². The molecule has 8 atom stereocenters. The largest absolute Gasteiger partial charge is 1.00 e. The van der Waals surface area contributed by atoms with Gasteiger partial charge in [0, 0.05) is 35.2 Å². The van der Waals surface area contributed by atoms with Crippen LogP contribution in [0.4, 0.5) is 0 Å². The Morgan fingerprint density at radius 2 is 1.82 bits per heavy atom. The van der Waals surface area contributed by atoms with E-state index < -0.39 is 78.4 Å². The summed E-state index contributed by atoms with van der Waals surface area (Å²) in [4.78, 5) is 72.9. The van der Waals surface area contributed by atoms with Crippen molar-refractivity contribution >= 4 is 57.1 Å². The number of sulfone groups is 1. The molecule has 1 aliphatic carbocycles. The molecule has 3 saturated heterocycles. The van der Waals surface area contributed by atoms with Crippen LogP contribution in [-0.4, -0.2) is 104 Å². The summed E-state index contributed by atoms with van der Waals surface area (Å²) in [6.45, 7) is 6.24. The topological polar surface area (TPSA) is 258 Å². The number of rotatable bonds is 9. The molecule has 2 amide bonds. The van der Waals surface area contributed by atoms with Gasteiger partial charge in [0.15, 0.2) is 15.5 Å². The van der Waals surface area contributed by atoms with Gasteiger partial charge in [-0.1, -0.05) is 30.3 Å². The monoisotopic (exact) mass is 744 g/mol. The summed E-state index contributed by atoms with van der Waals surface area (Å²) in [6.07, 6.45) is 1.11. The fourth-order valence-electron chi connectivity index (χ4n) is 7.03. The van der Waals surface area contributed by atoms with Gasteiger partial charge in [-0.2, -0.15) is 0 Å². The SMILES string of the molecule is CC1(C)S[C@@H]2[C@H](NC(=O)C(N)c3ccccc3)C(=O)N2[C@H]1C(=O)O.CCOC(=O)C1=CNNN1C[C@@]1(C)[C@H](C(=O)[O-])C2C(=O)CC2S1(=O)=O.[Na+]. The van der Waals surface area contributed by atoms with Crippen LogP contribution >= 0.6 is 11.8 Å². The summed E-state index contributed by atoms with van der Waals surface area (Å²) in [6, 6.07) is 6.38. The van der Waals surface area contributed by atoms with Crippen LogP contribution in [0.25, 0.3) is 0 Å². The van der Waals surface area contributed by atoms with Crippen LogP contribution in [0.5, 0.6) is 0 Å². The van der Waals surface area contributed by atoms with Crippen molar-refractivity contribution in [1.82, 2.24) is 26.2 Å². The van der Waals surface area contributed by atoms with E-state index in [1.807, 2.05) is 6.07 Å². The molecule has 0 bridgehead atoms. The summed E-state index contributed by atoms with van der Waals surface area (Å²) >= 11 is 1.38. The Morgan fingerprint density at radius 3 is 2.38 bits per heavy atom. The molecule has 0 aromatic heterocycles. The summed E-state index contributed by atoms with van der Waals surface area (Å²) in [7, 11) is -3.93. The van der Waals surface area contributed by atoms with Gasteiger partial charge < -0.3 is 41.1 Å². The van der Waals surface area contributed by atoms with E-state index in [0.29, 0.717) is 5.56 Å². The van der Waals surface area contributed by atoms with Gasteiger partial charge in [-0.05, 0) is 33.3 Å². The molecular weight excluding hydrogens is 707 g/mol. The molecule has 17 nitrogen and oxygen atoms in total. The summed E-state index contributed by atoms with van der Waals surface area (Å²) in [5, 5.41) is 23.5. The number of amides is 2. The van der Waals surface area contributed by atoms with E-state index in [1.54, 1.807) is 45.0 Å². The number of hydrazine groups is 2. The number of nitrogens with zero attached hydrogens (tertiary/aromatic N) is 2. The first-order valence-corrected chi connectivity index (χ1v) is 17.8. The fourth-order valence-corrected chi connectivity index (χ4v) is 11.3. The maximum Gasteiger partial charge on any atom is 1.00 e. The van der Waals surface area contributed by atoms with Crippen LogP contribution in [0.2, 0.25) is 0 Å². The number of carboxylic acids is 2. The van der Waals surface area contributed by atoms with Gasteiger partial charge >= 0.3 is 41.5 Å². The number of nitrogens with one attached hydrogen (secondary N) is 3. The molecule has 4 fully saturated rings. The molecule has 50 heavy (non-hydrogen) atoms. The number of carbonyl (C=O) groups excluding carboxylic acids is 5. The smallest absolute Gasteiger partial charge is 0.550 e. The van der Waals surface area contributed by atoms with Gasteiger partial charge in [-0.25, -0.2) is 18.0 Å². The molecule has 4 aliphatic heterocycles. The number of β-lactam (4-membered cyclic amide) rings is 1. The van der Waals surface area contributed by atoms with Crippen LogP contribution in [-0.2, 0) is 43.3 Å². The third-order valence-corrected chi connectivity index (χ3v) is 14.1. The normalized spacial score (nSPS) is 31.5. The van der Waals surface area contributed by atoms with Crippen molar-refractivity contribution in [2.45, 2.75) is 72.4 Å². The standard InChI is InChI=1S/C16H19N3O4S.C14H19N3O7S.Na/c1-16(2)11(15(22)23)19-13(21)10(14(19)24-16)18-12(20)9(17)8-6-4-3-5-7-8;1-3-24-13(21)7-5-15-16-17(7)6-14(2)11(12(19)20)10-8(18)4-9(10)25(14,22)23;/h3-7,9-11,14H,17H2,1-2H3,(H,18,20)(H,22,23);5,9-11,15-16H,3-4,6H2,1-2H3,(H,19,20);/q;;+1/p-1/t9?,10-,11+,14-;9?,10?,11-,14-;/m10./s1. The van der Waals surface area contributed by atoms with E-state index in [-0.39, 0.29) is 71.9 Å². The number of thioether (sulfide) groups is 1. The number of hydrogen-bond donors (Lipinski definition) is 5. The Labute approximate surface area is 314 Å². The average molecular weight is 745 g/mol. The fraction of sp³-hybridized carbons (Fsp3) is 0.533. The summed E-state index contributed by atoms with van der Waals surface area (Å²) < 4.78 is 28.2. The van der Waals surface area contributed by atoms with Gasteiger partial charge in [-0.15, -0.1) is 17.3 Å². The molecule has 266 valence electrons. The maximum absolute atomic E-state index is 12.9. The number of hydrogen-bond acceptors (Lipinski definition) is 15. The zero-order chi connectivity index (χ0) is 36.2. The second-order valence-corrected chi connectivity index (χ2v) is 17.4. The van der Waals surface area contributed by atoms with Crippen molar-refractivity contribution in [1.29, 1.82) is 0 Å². The van der Waals surface area contributed by atoms with Crippen LogP contribution < -0.4 is 56.7 Å². The number of esters is 1. The van der Waals surface area contributed by atoms with E-state index in [9.17, 15) is 47.4 Å². The van der Waals surface area contributed by atoms with E-state index in [2.05, 4.69) is 16.3 Å². The Kier molecular flexibility index (Phi) is 11.4. The van der Waals surface area contributed by atoms with Gasteiger partial charge in [0.1, 0.15) is 29.3 Å². The first-order valence-electron chi connectivity index (χ1n) is 15.4. The quantitative estimate of drug-likeness (QED) is 0.0898. The van der Waals surface area contributed by atoms with Gasteiger partial charge in [0.05, 0.1) is 23.1 Å². The molecule has 3 unspecified atom stereocenters. The number of nitrogens with two attached hydrogens (primary N) is 1. The number of ether oxygens (including phenoxy) is 1. The van der Waals surface area contributed by atoms with Crippen molar-refractivity contribution in [3.05, 3.63) is 47.8 Å². The van der Waals surface area contributed by atoms with Crippen molar-refractivity contribution < 1.29 is 81.7 Å². The number of carbonyl (C=O) groups is 6. The van der Waals surface area contributed by atoms with Crippen molar-refractivity contribution in [2.24, 2.45) is 17.6 Å². The van der Waals surface area contributed by atoms with Crippen molar-refractivity contribution in [2.75, 3.05) is 13.2 Å². The second kappa shape index (κ2) is 14.4. The first kappa shape index (κ1) is 39.6. The van der Waals surface area contributed by atoms with Crippen LogP contribution in [0.15, 0.2) is 42.2 Å². The van der Waals surface area contributed by atoms with Crippen molar-refractivity contribution in [3.8, 4) is 0 Å². The Hall–Kier alpha value is -3.20. The molecule has 1 aromatic rings. The minimum atomic E-state index is -3.93. The Morgan fingerprint density at radius 1 is 1.18 bits per heavy atom. The van der Waals surface area contributed by atoms with Gasteiger partial charge in [0.2, 0.25) is 11.8 Å². The van der Waals surface area contributed by atoms with Gasteiger partial charge in [0.25, 0.3) is 0 Å². The summed E-state index contributed by atoms with van der Waals surface area (Å²) in [5.41, 5.74) is 11.8. The molecular formula is C30H37N6NaO11S2. The minimum Gasteiger partial charge on any atom is -0.550 e. The molecule has 1 saturated carbocycles. The number of ketones is 1. The average Bonchev–Trinajstić information content (AvgIpc) is 3.63. The first-order chi connectivity index (χ1) is 22.9. The number of aliphatic carboxylic acids is 2. The summed E-state index contributed by atoms with van der Waals surface area (Å²) in [5.74, 6) is -7.09. The van der Waals surface area contributed by atoms with Gasteiger partial charge in [-0.3, -0.25) is 19.4 Å². The van der Waals surface area contributed by atoms with Crippen molar-refractivity contribution in [3.63, 3.8) is 0 Å². The molecule has 5 aliphatic rings. The molecule has 0 spiro atoms. The third-order valence-electron chi connectivity index (χ3n) is 9.56. The zero-order valence-corrected chi connectivity index (χ0v) is 31.6. The van der Waals surface area contributed by atoms with Crippen LogP contribution in [0.3, 0.4) is 0 Å². The molecule has 4 heterocycles. The predicted molar refractivity (Wildman–Crippen MR) is 169 cm³/mol. The molecule has 6 rings (SSSR count). The Bertz CT molecular complexity index is 1730. The Balaban J connectivity index is 0.000000220. The molecule has 20 heteroatoms. The predicted octanol–water partition coefficient (Wildman–Crippen LogP) is -5.45. The third kappa shape index (κ3) is 6.52. The second-order valence-electron chi connectivity index (χ2n) is 13.0. The molecule has 0 radical (unpaired) electrons. The number of benzene rings is 1. The van der Waals surface area contributed by atoms with E-state index in [4.69, 9.17) is 10.5 Å². The number of carboxylic acid groups (broad SMARTS) is 2. The molecule has 6 N–H and O–H groups in total. The molecule has 1 aromatic carbocycles. The maximum atomic E-state index is 12.9. The number of Topliss-reactive ketones (excluding diaryl/α,β-unsaturated/α-hetero) is 1. The van der Waals surface area contributed by atoms with Crippen LogP contribution in [0, 0.1) is 11.8 Å². The minimum absolute atomic E-state index is 0. The van der Waals surface area contributed by atoms with E-state index in [1.165, 1.54) is 34.8 Å². The van der Waals surface area contributed by atoms with E-state index >= 15 is 0 Å². The zero-order valence-electron chi connectivity index (χ0n) is 27.9.